The van der Waals surface area contributed by atoms with Gasteiger partial charge in [-0.3, -0.25) is 0 Å². The molecule has 130 valence electrons. The molecule has 0 heterocycles. The Morgan fingerprint density at radius 2 is 0.619 bits per heavy atom. The highest BCUT2D eigenvalue weighted by Crippen LogP contribution is 2.06. The quantitative estimate of drug-likeness (QED) is 0.392. The van der Waals surface area contributed by atoms with E-state index >= 15 is 0 Å². The van der Waals surface area contributed by atoms with Gasteiger partial charge in [0.1, 0.15) is 0 Å². The van der Waals surface area contributed by atoms with E-state index in [1.807, 2.05) is 0 Å². The van der Waals surface area contributed by atoms with Crippen molar-refractivity contribution in [3.63, 3.8) is 0 Å². The molecule has 3 heteroatoms. The fourth-order valence-corrected chi connectivity index (χ4v) is 2.18. The van der Waals surface area contributed by atoms with Crippen LogP contribution in [-0.2, 0) is 0 Å². The first-order valence-corrected chi connectivity index (χ1v) is 9.16. The molecule has 3 nitrogen and oxygen atoms in total. The van der Waals surface area contributed by atoms with E-state index < -0.39 is 0 Å². The van der Waals surface area contributed by atoms with E-state index in [0.717, 1.165) is 32.1 Å². The van der Waals surface area contributed by atoms with E-state index in [2.05, 4.69) is 6.92 Å². The molecule has 0 amide bonds. The summed E-state index contributed by atoms with van der Waals surface area (Å²) in [5.41, 5.74) is 0. The topological polar surface area (TPSA) is 60.7 Å². The van der Waals surface area contributed by atoms with Gasteiger partial charge in [0.25, 0.3) is 0 Å². The van der Waals surface area contributed by atoms with Crippen LogP contribution >= 0.6 is 0 Å². The van der Waals surface area contributed by atoms with Crippen molar-refractivity contribution >= 4 is 0 Å². The van der Waals surface area contributed by atoms with Crippen LogP contribution in [0.2, 0.25) is 0 Å². The molecular formula is C18H40O3. The number of rotatable bonds is 15. The standard InChI is InChI=1S/C9H20O2.C9H20O/c10-8-6-4-2-1-3-5-7-9-11;1-2-3-4-5-6-7-8-9-10/h10-11H,1-9H2;10H,2-9H2,1H3. The van der Waals surface area contributed by atoms with Gasteiger partial charge in [-0.2, -0.15) is 0 Å². The van der Waals surface area contributed by atoms with Gasteiger partial charge < -0.3 is 15.3 Å². The van der Waals surface area contributed by atoms with Crippen LogP contribution in [0.5, 0.6) is 0 Å². The average molecular weight is 305 g/mol. The lowest BCUT2D eigenvalue weighted by Gasteiger charge is -1.98. The van der Waals surface area contributed by atoms with Gasteiger partial charge in [-0.15, -0.1) is 0 Å². The fourth-order valence-electron chi connectivity index (χ4n) is 2.18. The Morgan fingerprint density at radius 1 is 0.381 bits per heavy atom. The molecule has 0 aromatic carbocycles. The normalized spacial score (nSPS) is 10.3. The summed E-state index contributed by atoms with van der Waals surface area (Å²) < 4.78 is 0. The van der Waals surface area contributed by atoms with Crippen LogP contribution in [0.15, 0.2) is 0 Å². The first kappa shape index (κ1) is 23.2. The number of aliphatic hydroxyl groups excluding tert-OH is 3. The van der Waals surface area contributed by atoms with Gasteiger partial charge >= 0.3 is 0 Å². The van der Waals surface area contributed by atoms with Crippen LogP contribution in [0.4, 0.5) is 0 Å². The highest BCUT2D eigenvalue weighted by molar-refractivity contribution is 4.45. The summed E-state index contributed by atoms with van der Waals surface area (Å²) in [4.78, 5) is 0. The van der Waals surface area contributed by atoms with E-state index in [1.54, 1.807) is 0 Å². The molecule has 0 aliphatic rings. The summed E-state index contributed by atoms with van der Waals surface area (Å²) in [5, 5.41) is 25.4. The van der Waals surface area contributed by atoms with Crippen LogP contribution in [0, 0.1) is 0 Å². The first-order valence-electron chi connectivity index (χ1n) is 9.16. The summed E-state index contributed by atoms with van der Waals surface area (Å²) >= 11 is 0. The molecule has 0 rings (SSSR count). The van der Waals surface area contributed by atoms with Crippen molar-refractivity contribution in [1.29, 1.82) is 0 Å². The van der Waals surface area contributed by atoms with Crippen molar-refractivity contribution in [3.8, 4) is 0 Å². The van der Waals surface area contributed by atoms with Gasteiger partial charge in [-0.25, -0.2) is 0 Å². The molecule has 21 heavy (non-hydrogen) atoms. The molecule has 0 unspecified atom stereocenters. The van der Waals surface area contributed by atoms with Crippen molar-refractivity contribution in [1.82, 2.24) is 0 Å². The second-order valence-corrected chi connectivity index (χ2v) is 5.77. The molecule has 0 fully saturated rings. The molecule has 0 aliphatic heterocycles. The molecule has 0 aromatic rings. The SMILES string of the molecule is CCCCCCCCCO.OCCCCCCCCCO. The molecule has 3 N–H and O–H groups in total. The van der Waals surface area contributed by atoms with Crippen LogP contribution in [0.25, 0.3) is 0 Å². The Hall–Kier alpha value is -0.120. The largest absolute Gasteiger partial charge is 0.396 e. The Balaban J connectivity index is 0. The maximum atomic E-state index is 8.47. The number of aliphatic hydroxyl groups is 3. The summed E-state index contributed by atoms with van der Waals surface area (Å²) in [7, 11) is 0. The maximum Gasteiger partial charge on any atom is 0.0431 e. The molecule has 0 bridgehead atoms. The van der Waals surface area contributed by atoms with E-state index in [4.69, 9.17) is 15.3 Å². The lowest BCUT2D eigenvalue weighted by Crippen LogP contribution is -1.85. The number of hydrogen-bond acceptors (Lipinski definition) is 3. The van der Waals surface area contributed by atoms with E-state index in [-0.39, 0.29) is 0 Å². The fraction of sp³-hybridized carbons (Fsp3) is 1.00. The van der Waals surface area contributed by atoms with E-state index in [0.29, 0.717) is 19.8 Å². The van der Waals surface area contributed by atoms with Crippen LogP contribution < -0.4 is 0 Å². The predicted molar refractivity (Wildman–Crippen MR) is 91.6 cm³/mol. The van der Waals surface area contributed by atoms with Crippen molar-refractivity contribution < 1.29 is 15.3 Å². The van der Waals surface area contributed by atoms with Crippen molar-refractivity contribution in [2.45, 2.75) is 96.8 Å². The first-order chi connectivity index (χ1) is 10.3. The van der Waals surface area contributed by atoms with Gasteiger partial charge in [0.05, 0.1) is 0 Å². The molecule has 0 spiro atoms. The molecular weight excluding hydrogens is 264 g/mol. The van der Waals surface area contributed by atoms with Crippen molar-refractivity contribution in [3.05, 3.63) is 0 Å². The number of hydrogen-bond donors (Lipinski definition) is 3. The summed E-state index contributed by atoms with van der Waals surface area (Å²) in [5.74, 6) is 0. The molecule has 0 radical (unpaired) electrons. The van der Waals surface area contributed by atoms with Crippen LogP contribution in [0.1, 0.15) is 96.8 Å². The lowest BCUT2D eigenvalue weighted by molar-refractivity contribution is 0.278. The summed E-state index contributed by atoms with van der Waals surface area (Å²) in [6.07, 6.45) is 16.8. The third-order valence-corrected chi connectivity index (χ3v) is 3.58. The molecule has 0 saturated heterocycles. The Kier molecular flexibility index (Phi) is 27.4. The number of unbranched alkanes of at least 4 members (excludes halogenated alkanes) is 12. The van der Waals surface area contributed by atoms with Crippen molar-refractivity contribution in [2.75, 3.05) is 19.8 Å². The molecule has 0 aliphatic carbocycles. The van der Waals surface area contributed by atoms with E-state index in [9.17, 15) is 0 Å². The Morgan fingerprint density at radius 3 is 0.857 bits per heavy atom. The van der Waals surface area contributed by atoms with E-state index in [1.165, 1.54) is 57.8 Å². The van der Waals surface area contributed by atoms with Gasteiger partial charge in [-0.1, -0.05) is 77.6 Å². The minimum Gasteiger partial charge on any atom is -0.396 e. The van der Waals surface area contributed by atoms with Crippen LogP contribution in [-0.4, -0.2) is 35.1 Å². The third-order valence-electron chi connectivity index (χ3n) is 3.58. The van der Waals surface area contributed by atoms with Crippen molar-refractivity contribution in [2.24, 2.45) is 0 Å². The molecule has 0 atom stereocenters. The van der Waals surface area contributed by atoms with Gasteiger partial charge in [0.2, 0.25) is 0 Å². The second kappa shape index (κ2) is 24.9. The predicted octanol–water partition coefficient (Wildman–Crippen LogP) is 4.43. The van der Waals surface area contributed by atoms with Gasteiger partial charge in [0, 0.05) is 19.8 Å². The zero-order valence-corrected chi connectivity index (χ0v) is 14.4. The minimum absolute atomic E-state index is 0.330. The summed E-state index contributed by atoms with van der Waals surface area (Å²) in [6, 6.07) is 0. The highest BCUT2D eigenvalue weighted by atomic mass is 16.3. The van der Waals surface area contributed by atoms with Gasteiger partial charge in [-0.05, 0) is 19.3 Å². The third kappa shape index (κ3) is 28.7. The van der Waals surface area contributed by atoms with Crippen LogP contribution in [0.3, 0.4) is 0 Å². The monoisotopic (exact) mass is 304 g/mol. The molecule has 0 aromatic heterocycles. The van der Waals surface area contributed by atoms with Gasteiger partial charge in [0.15, 0.2) is 0 Å². The zero-order chi connectivity index (χ0) is 16.0. The minimum atomic E-state index is 0.330. The Labute approximate surface area is 132 Å². The second-order valence-electron chi connectivity index (χ2n) is 5.77. The average Bonchev–Trinajstić information content (AvgIpc) is 2.51. The molecule has 0 saturated carbocycles. The lowest BCUT2D eigenvalue weighted by atomic mass is 10.1. The summed E-state index contributed by atoms with van der Waals surface area (Å²) in [6.45, 7) is 3.26. The maximum absolute atomic E-state index is 8.47. The highest BCUT2D eigenvalue weighted by Gasteiger charge is 1.90. The zero-order valence-electron chi connectivity index (χ0n) is 14.4. The smallest absolute Gasteiger partial charge is 0.0431 e. The Bertz CT molecular complexity index is 135.